The van der Waals surface area contributed by atoms with E-state index in [1.165, 1.54) is 22.8 Å². The average Bonchev–Trinajstić information content (AvgIpc) is 2.46. The van der Waals surface area contributed by atoms with Gasteiger partial charge in [0, 0.05) is 32.4 Å². The third kappa shape index (κ3) is 3.14. The molecule has 10 heteroatoms. The van der Waals surface area contributed by atoms with E-state index in [0.717, 1.165) is 0 Å². The fourth-order valence-corrected chi connectivity index (χ4v) is 2.74. The smallest absolute Gasteiger partial charge is 0.226 e. The van der Waals surface area contributed by atoms with Crippen LogP contribution in [-0.4, -0.2) is 66.2 Å². The van der Waals surface area contributed by atoms with Crippen LogP contribution in [0.3, 0.4) is 0 Å². The highest BCUT2D eigenvalue weighted by Gasteiger charge is 2.24. The number of nitrogens with zero attached hydrogens (tertiary/aromatic N) is 5. The van der Waals surface area contributed by atoms with E-state index in [9.17, 15) is 8.42 Å². The predicted molar refractivity (Wildman–Crippen MR) is 73.2 cm³/mol. The normalized spacial score (nSPS) is 18.2. The van der Waals surface area contributed by atoms with Gasteiger partial charge in [-0.05, 0) is 6.07 Å². The van der Waals surface area contributed by atoms with Crippen LogP contribution in [0.25, 0.3) is 0 Å². The van der Waals surface area contributed by atoms with E-state index in [0.29, 0.717) is 37.8 Å². The zero-order chi connectivity index (χ0) is 14.8. The maximum atomic E-state index is 11.4. The molecule has 0 bridgehead atoms. The number of nitrogens with two attached hydrogens (primary N) is 1. The standard InChI is InChI=1S/C10H16N6O3S/c1-20(18,19)16-6-4-15(5-7-16)10-12-3-2-8(13-10)9(11)14-17/h2-3,17H,4-7H2,1H3,(H2,11,14). The van der Waals surface area contributed by atoms with Gasteiger partial charge in [-0.2, -0.15) is 4.31 Å². The number of anilines is 1. The fraction of sp³-hybridized carbons (Fsp3) is 0.500. The number of hydrogen-bond donors (Lipinski definition) is 2. The zero-order valence-electron chi connectivity index (χ0n) is 11.0. The minimum Gasteiger partial charge on any atom is -0.409 e. The van der Waals surface area contributed by atoms with Crippen molar-refractivity contribution in [3.05, 3.63) is 18.0 Å². The van der Waals surface area contributed by atoms with Gasteiger partial charge in [0.2, 0.25) is 16.0 Å². The fourth-order valence-electron chi connectivity index (χ4n) is 1.91. The van der Waals surface area contributed by atoms with E-state index in [4.69, 9.17) is 10.9 Å². The van der Waals surface area contributed by atoms with Crippen molar-refractivity contribution in [2.24, 2.45) is 10.9 Å². The molecule has 1 aliphatic heterocycles. The molecule has 0 amide bonds. The number of oxime groups is 1. The maximum Gasteiger partial charge on any atom is 0.226 e. The lowest BCUT2D eigenvalue weighted by Gasteiger charge is -2.33. The van der Waals surface area contributed by atoms with Crippen LogP contribution in [0, 0.1) is 0 Å². The third-order valence-corrected chi connectivity index (χ3v) is 4.31. The highest BCUT2D eigenvalue weighted by molar-refractivity contribution is 7.88. The summed E-state index contributed by atoms with van der Waals surface area (Å²) in [6, 6.07) is 1.53. The van der Waals surface area contributed by atoms with Gasteiger partial charge in [-0.1, -0.05) is 5.16 Å². The quantitative estimate of drug-likeness (QED) is 0.306. The van der Waals surface area contributed by atoms with Gasteiger partial charge in [-0.15, -0.1) is 0 Å². The molecule has 0 unspecified atom stereocenters. The molecule has 0 saturated carbocycles. The Morgan fingerprint density at radius 1 is 1.40 bits per heavy atom. The Morgan fingerprint density at radius 3 is 2.60 bits per heavy atom. The summed E-state index contributed by atoms with van der Waals surface area (Å²) >= 11 is 0. The van der Waals surface area contributed by atoms with E-state index in [1.54, 1.807) is 0 Å². The lowest BCUT2D eigenvalue weighted by Crippen LogP contribution is -2.49. The summed E-state index contributed by atoms with van der Waals surface area (Å²) < 4.78 is 24.3. The predicted octanol–water partition coefficient (Wildman–Crippen LogP) is -1.35. The molecule has 0 atom stereocenters. The molecule has 1 saturated heterocycles. The van der Waals surface area contributed by atoms with Crippen molar-refractivity contribution in [1.82, 2.24) is 14.3 Å². The van der Waals surface area contributed by atoms with Crippen LogP contribution in [0.4, 0.5) is 5.95 Å². The van der Waals surface area contributed by atoms with Gasteiger partial charge in [0.1, 0.15) is 5.69 Å². The van der Waals surface area contributed by atoms with Gasteiger partial charge >= 0.3 is 0 Å². The molecule has 2 heterocycles. The van der Waals surface area contributed by atoms with E-state index in [1.807, 2.05) is 4.90 Å². The molecule has 2 rings (SSSR count). The molecule has 20 heavy (non-hydrogen) atoms. The molecule has 110 valence electrons. The van der Waals surface area contributed by atoms with E-state index < -0.39 is 10.0 Å². The van der Waals surface area contributed by atoms with E-state index in [-0.39, 0.29) is 5.84 Å². The Kier molecular flexibility index (Phi) is 4.04. The summed E-state index contributed by atoms with van der Waals surface area (Å²) in [4.78, 5) is 10.2. The maximum absolute atomic E-state index is 11.4. The summed E-state index contributed by atoms with van der Waals surface area (Å²) in [5, 5.41) is 11.5. The largest absolute Gasteiger partial charge is 0.409 e. The molecule has 1 aromatic rings. The first-order valence-corrected chi connectivity index (χ1v) is 7.77. The molecule has 1 aromatic heterocycles. The Bertz CT molecular complexity index is 609. The van der Waals surface area contributed by atoms with Crippen molar-refractivity contribution in [2.45, 2.75) is 0 Å². The van der Waals surface area contributed by atoms with Crippen LogP contribution >= 0.6 is 0 Å². The number of amidine groups is 1. The summed E-state index contributed by atoms with van der Waals surface area (Å²) in [6.07, 6.45) is 2.71. The second kappa shape index (κ2) is 5.59. The summed E-state index contributed by atoms with van der Waals surface area (Å²) in [6.45, 7) is 1.76. The van der Waals surface area contributed by atoms with Crippen molar-refractivity contribution in [1.29, 1.82) is 0 Å². The van der Waals surface area contributed by atoms with Crippen molar-refractivity contribution in [3.63, 3.8) is 0 Å². The second-order valence-corrected chi connectivity index (χ2v) is 6.36. The highest BCUT2D eigenvalue weighted by atomic mass is 32.2. The number of aromatic nitrogens is 2. The monoisotopic (exact) mass is 300 g/mol. The second-order valence-electron chi connectivity index (χ2n) is 4.38. The summed E-state index contributed by atoms with van der Waals surface area (Å²) in [5.41, 5.74) is 5.80. The zero-order valence-corrected chi connectivity index (χ0v) is 11.8. The summed E-state index contributed by atoms with van der Waals surface area (Å²) in [5.74, 6) is 0.339. The van der Waals surface area contributed by atoms with Gasteiger partial charge in [-0.3, -0.25) is 0 Å². The van der Waals surface area contributed by atoms with Gasteiger partial charge in [0.05, 0.1) is 6.26 Å². The minimum absolute atomic E-state index is 0.0941. The van der Waals surface area contributed by atoms with E-state index >= 15 is 0 Å². The first-order valence-electron chi connectivity index (χ1n) is 5.93. The molecular formula is C10H16N6O3S. The molecule has 0 aromatic carbocycles. The number of rotatable bonds is 3. The molecule has 0 aliphatic carbocycles. The SMILES string of the molecule is CS(=O)(=O)N1CCN(c2nccc(/C(N)=N/O)n2)CC1. The minimum atomic E-state index is -3.16. The lowest BCUT2D eigenvalue weighted by molar-refractivity contribution is 0.318. The van der Waals surface area contributed by atoms with Crippen LogP contribution in [0.15, 0.2) is 17.4 Å². The van der Waals surface area contributed by atoms with Crippen molar-refractivity contribution >= 4 is 21.8 Å². The van der Waals surface area contributed by atoms with Gasteiger partial charge in [0.25, 0.3) is 0 Å². The molecule has 3 N–H and O–H groups in total. The van der Waals surface area contributed by atoms with Crippen LogP contribution in [0.2, 0.25) is 0 Å². The van der Waals surface area contributed by atoms with Crippen molar-refractivity contribution in [3.8, 4) is 0 Å². The van der Waals surface area contributed by atoms with E-state index in [2.05, 4.69) is 15.1 Å². The molecule has 0 spiro atoms. The molecule has 9 nitrogen and oxygen atoms in total. The van der Waals surface area contributed by atoms with Crippen LogP contribution < -0.4 is 10.6 Å². The molecular weight excluding hydrogens is 284 g/mol. The Balaban J connectivity index is 2.11. The van der Waals surface area contributed by atoms with Crippen molar-refractivity contribution in [2.75, 3.05) is 37.3 Å². The molecule has 1 aliphatic rings. The molecule has 1 fully saturated rings. The Hall–Kier alpha value is -1.94. The van der Waals surface area contributed by atoms with Gasteiger partial charge in [0.15, 0.2) is 5.84 Å². The topological polar surface area (TPSA) is 125 Å². The number of piperazine rings is 1. The highest BCUT2D eigenvalue weighted by Crippen LogP contribution is 2.12. The first-order chi connectivity index (χ1) is 9.41. The average molecular weight is 300 g/mol. The number of sulfonamides is 1. The van der Waals surface area contributed by atoms with Crippen LogP contribution in [0.5, 0.6) is 0 Å². The van der Waals surface area contributed by atoms with Crippen molar-refractivity contribution < 1.29 is 13.6 Å². The van der Waals surface area contributed by atoms with Crippen LogP contribution in [-0.2, 0) is 10.0 Å². The molecule has 0 radical (unpaired) electrons. The third-order valence-electron chi connectivity index (χ3n) is 3.00. The van der Waals surface area contributed by atoms with Crippen LogP contribution in [0.1, 0.15) is 5.69 Å². The Labute approximate surface area is 116 Å². The first kappa shape index (κ1) is 14.5. The lowest BCUT2D eigenvalue weighted by atomic mass is 10.3. The Morgan fingerprint density at radius 2 is 2.05 bits per heavy atom. The number of hydrogen-bond acceptors (Lipinski definition) is 7. The van der Waals surface area contributed by atoms with Gasteiger partial charge < -0.3 is 15.8 Å². The van der Waals surface area contributed by atoms with Gasteiger partial charge in [-0.25, -0.2) is 18.4 Å². The summed E-state index contributed by atoms with van der Waals surface area (Å²) in [7, 11) is -3.16.